The van der Waals surface area contributed by atoms with Gasteiger partial charge in [0.25, 0.3) is 0 Å². The van der Waals surface area contributed by atoms with Gasteiger partial charge in [-0.25, -0.2) is 8.78 Å². The van der Waals surface area contributed by atoms with E-state index in [-0.39, 0.29) is 19.0 Å². The van der Waals surface area contributed by atoms with Gasteiger partial charge in [0.05, 0.1) is 12.2 Å². The first-order valence-corrected chi connectivity index (χ1v) is 7.88. The molecule has 2 aromatic rings. The molecule has 0 amide bonds. The fraction of sp³-hybridized carbons (Fsp3) is 0.294. The first kappa shape index (κ1) is 15.3. The minimum absolute atomic E-state index is 0.0441. The molecule has 1 atom stereocenters. The average Bonchev–Trinajstić information content (AvgIpc) is 2.63. The summed E-state index contributed by atoms with van der Waals surface area (Å²) in [6.45, 7) is 2.80. The summed E-state index contributed by atoms with van der Waals surface area (Å²) < 4.78 is 33.5. The van der Waals surface area contributed by atoms with Gasteiger partial charge in [-0.3, -0.25) is 0 Å². The van der Waals surface area contributed by atoms with Gasteiger partial charge < -0.3 is 9.64 Å². The van der Waals surface area contributed by atoms with Crippen molar-refractivity contribution < 1.29 is 13.5 Å². The molecule has 1 heterocycles. The van der Waals surface area contributed by atoms with Crippen molar-refractivity contribution in [3.8, 4) is 5.75 Å². The van der Waals surface area contributed by atoms with Crippen LogP contribution in [0.25, 0.3) is 0 Å². The van der Waals surface area contributed by atoms with Crippen LogP contribution in [0.5, 0.6) is 5.75 Å². The van der Waals surface area contributed by atoms with Crippen molar-refractivity contribution in [2.24, 2.45) is 0 Å². The molecule has 1 aliphatic rings. The maximum absolute atomic E-state index is 14.0. The molecule has 0 spiro atoms. The number of rotatable bonds is 2. The number of ether oxygens (including phenoxy) is 1. The summed E-state index contributed by atoms with van der Waals surface area (Å²) in [7, 11) is 0. The fourth-order valence-corrected chi connectivity index (χ4v) is 2.86. The lowest BCUT2D eigenvalue weighted by Crippen LogP contribution is -2.30. The molecule has 1 aliphatic heterocycles. The molecule has 3 rings (SSSR count). The van der Waals surface area contributed by atoms with Crippen LogP contribution >= 0.6 is 15.9 Å². The molecule has 0 saturated carbocycles. The Morgan fingerprint density at radius 2 is 2.00 bits per heavy atom. The van der Waals surface area contributed by atoms with E-state index in [0.29, 0.717) is 12.3 Å². The number of alkyl halides is 1. The van der Waals surface area contributed by atoms with E-state index in [1.807, 2.05) is 24.0 Å². The van der Waals surface area contributed by atoms with Gasteiger partial charge in [0.15, 0.2) is 6.17 Å². The van der Waals surface area contributed by atoms with Crippen LogP contribution in [0.1, 0.15) is 11.1 Å². The minimum Gasteiger partial charge on any atom is -0.488 e. The second-order valence-corrected chi connectivity index (χ2v) is 6.34. The second-order valence-electron chi connectivity index (χ2n) is 5.48. The summed E-state index contributed by atoms with van der Waals surface area (Å²) in [5.41, 5.74) is 2.86. The molecule has 0 fully saturated rings. The number of halogens is 3. The number of benzene rings is 2. The topological polar surface area (TPSA) is 12.5 Å². The largest absolute Gasteiger partial charge is 0.488 e. The van der Waals surface area contributed by atoms with Gasteiger partial charge in [0.1, 0.15) is 18.2 Å². The van der Waals surface area contributed by atoms with Crippen LogP contribution in [0.4, 0.5) is 14.5 Å². The van der Waals surface area contributed by atoms with Crippen LogP contribution in [0, 0.1) is 12.7 Å². The maximum atomic E-state index is 14.0. The van der Waals surface area contributed by atoms with Gasteiger partial charge in [-0.15, -0.1) is 0 Å². The number of hydrogen-bond acceptors (Lipinski definition) is 2. The van der Waals surface area contributed by atoms with Crippen LogP contribution in [0.3, 0.4) is 0 Å². The van der Waals surface area contributed by atoms with Crippen LogP contribution in [-0.4, -0.2) is 19.3 Å². The maximum Gasteiger partial charge on any atom is 0.151 e. The Morgan fingerprint density at radius 1 is 1.27 bits per heavy atom. The average molecular weight is 368 g/mol. The summed E-state index contributed by atoms with van der Waals surface area (Å²) in [4.78, 5) is 1.94. The fourth-order valence-electron chi connectivity index (χ4n) is 2.54. The molecule has 0 aromatic heterocycles. The monoisotopic (exact) mass is 367 g/mol. The van der Waals surface area contributed by atoms with E-state index in [1.54, 1.807) is 12.1 Å². The summed E-state index contributed by atoms with van der Waals surface area (Å²) in [6, 6.07) is 10.1. The third-order valence-electron chi connectivity index (χ3n) is 3.71. The first-order chi connectivity index (χ1) is 10.5. The van der Waals surface area contributed by atoms with Gasteiger partial charge in [-0.1, -0.05) is 28.1 Å². The third kappa shape index (κ3) is 3.24. The van der Waals surface area contributed by atoms with E-state index in [2.05, 4.69) is 15.9 Å². The van der Waals surface area contributed by atoms with Gasteiger partial charge in [0.2, 0.25) is 0 Å². The number of nitrogens with zero attached hydrogens (tertiary/aromatic N) is 1. The molecule has 5 heteroatoms. The van der Waals surface area contributed by atoms with Gasteiger partial charge in [-0.2, -0.15) is 0 Å². The van der Waals surface area contributed by atoms with Crippen molar-refractivity contribution >= 4 is 21.6 Å². The Kier molecular flexibility index (Phi) is 4.34. The highest BCUT2D eigenvalue weighted by Crippen LogP contribution is 2.37. The summed E-state index contributed by atoms with van der Waals surface area (Å²) in [6.07, 6.45) is -1.06. The quantitative estimate of drug-likeness (QED) is 0.766. The smallest absolute Gasteiger partial charge is 0.151 e. The standard InChI is InChI=1S/C17H16BrF2NO/c1-11-6-16-17(7-15(11)18)22-10-14(20)9-21(16)8-12-2-4-13(19)5-3-12/h2-7,14H,8-10H2,1H3. The van der Waals surface area contributed by atoms with Crippen molar-refractivity contribution in [1.29, 1.82) is 0 Å². The van der Waals surface area contributed by atoms with Crippen LogP contribution in [-0.2, 0) is 6.54 Å². The molecule has 22 heavy (non-hydrogen) atoms. The Hall–Kier alpha value is -1.62. The minimum atomic E-state index is -1.06. The van der Waals surface area contributed by atoms with Gasteiger partial charge in [-0.05, 0) is 42.3 Å². The molecule has 0 bridgehead atoms. The van der Waals surface area contributed by atoms with Crippen molar-refractivity contribution in [3.05, 3.63) is 57.8 Å². The van der Waals surface area contributed by atoms with E-state index < -0.39 is 6.17 Å². The van der Waals surface area contributed by atoms with E-state index in [9.17, 15) is 8.78 Å². The molecule has 116 valence electrons. The number of anilines is 1. The van der Waals surface area contributed by atoms with Gasteiger partial charge in [0, 0.05) is 11.0 Å². The first-order valence-electron chi connectivity index (χ1n) is 7.09. The summed E-state index contributed by atoms with van der Waals surface area (Å²) in [5.74, 6) is 0.395. The molecule has 0 aliphatic carbocycles. The molecule has 2 aromatic carbocycles. The lowest BCUT2D eigenvalue weighted by atomic mass is 10.1. The highest BCUT2D eigenvalue weighted by Gasteiger charge is 2.23. The molecule has 0 N–H and O–H groups in total. The van der Waals surface area contributed by atoms with Crippen LogP contribution in [0.15, 0.2) is 40.9 Å². The van der Waals surface area contributed by atoms with Crippen LogP contribution in [0.2, 0.25) is 0 Å². The van der Waals surface area contributed by atoms with E-state index in [1.165, 1.54) is 12.1 Å². The lowest BCUT2D eigenvalue weighted by Gasteiger charge is -2.25. The van der Waals surface area contributed by atoms with E-state index in [4.69, 9.17) is 4.74 Å². The zero-order valence-corrected chi connectivity index (χ0v) is 13.7. The lowest BCUT2D eigenvalue weighted by molar-refractivity contribution is 0.208. The highest BCUT2D eigenvalue weighted by molar-refractivity contribution is 9.10. The van der Waals surface area contributed by atoms with Gasteiger partial charge >= 0.3 is 0 Å². The number of hydrogen-bond donors (Lipinski definition) is 0. The Balaban J connectivity index is 1.95. The highest BCUT2D eigenvalue weighted by atomic mass is 79.9. The normalized spacial score (nSPS) is 17.6. The molecule has 0 saturated heterocycles. The third-order valence-corrected chi connectivity index (χ3v) is 4.56. The second kappa shape index (κ2) is 6.24. The van der Waals surface area contributed by atoms with Crippen LogP contribution < -0.4 is 9.64 Å². The zero-order valence-electron chi connectivity index (χ0n) is 12.2. The summed E-state index contributed by atoms with van der Waals surface area (Å²) >= 11 is 3.48. The van der Waals surface area contributed by atoms with Crippen molar-refractivity contribution in [2.45, 2.75) is 19.6 Å². The Bertz CT molecular complexity index is 675. The predicted octanol–water partition coefficient (Wildman–Crippen LogP) is 4.63. The number of fused-ring (bicyclic) bond motifs is 1. The molecular weight excluding hydrogens is 352 g/mol. The zero-order chi connectivity index (χ0) is 15.7. The molecule has 0 radical (unpaired) electrons. The van der Waals surface area contributed by atoms with Crippen molar-refractivity contribution in [2.75, 3.05) is 18.1 Å². The molecule has 2 nitrogen and oxygen atoms in total. The van der Waals surface area contributed by atoms with Crippen molar-refractivity contribution in [1.82, 2.24) is 0 Å². The predicted molar refractivity (Wildman–Crippen MR) is 86.7 cm³/mol. The summed E-state index contributed by atoms with van der Waals surface area (Å²) in [5, 5.41) is 0. The Morgan fingerprint density at radius 3 is 2.73 bits per heavy atom. The molecular formula is C17H16BrF2NO. The number of aryl methyl sites for hydroxylation is 1. The Labute approximate surface area is 136 Å². The molecule has 1 unspecified atom stereocenters. The SMILES string of the molecule is Cc1cc2c(cc1Br)OCC(F)CN2Cc1ccc(F)cc1. The van der Waals surface area contributed by atoms with E-state index in [0.717, 1.165) is 21.3 Å². The van der Waals surface area contributed by atoms with E-state index >= 15 is 0 Å². The van der Waals surface area contributed by atoms with Crippen molar-refractivity contribution in [3.63, 3.8) is 0 Å².